The van der Waals surface area contributed by atoms with Gasteiger partial charge in [0.15, 0.2) is 0 Å². The summed E-state index contributed by atoms with van der Waals surface area (Å²) in [5, 5.41) is 0. The number of hydrogen-bond donors (Lipinski definition) is 0. The van der Waals surface area contributed by atoms with Crippen molar-refractivity contribution >= 4 is 0 Å². The number of halogens is 2. The van der Waals surface area contributed by atoms with Crippen molar-refractivity contribution in [2.75, 3.05) is 7.11 Å². The lowest BCUT2D eigenvalue weighted by Gasteiger charge is -2.13. The monoisotopic (exact) mass is 250 g/mol. The number of fused-ring (bicyclic) bond motifs is 1. The normalized spacial score (nSPS) is 17.8. The second-order valence-electron chi connectivity index (χ2n) is 4.40. The molecule has 1 unspecified atom stereocenters. The third-order valence-corrected chi connectivity index (χ3v) is 3.34. The molecule has 1 aromatic carbocycles. The Morgan fingerprint density at radius 3 is 2.67 bits per heavy atom. The molecule has 0 spiro atoms. The van der Waals surface area contributed by atoms with Gasteiger partial charge in [0.1, 0.15) is 23.2 Å². The lowest BCUT2D eigenvalue weighted by molar-refractivity contribution is 0.403. The zero-order chi connectivity index (χ0) is 12.7. The van der Waals surface area contributed by atoms with Crippen molar-refractivity contribution in [3.8, 4) is 5.75 Å². The number of hydrogen-bond acceptors (Lipinski definition) is 2. The van der Waals surface area contributed by atoms with Crippen LogP contribution < -0.4 is 4.74 Å². The number of imidazole rings is 1. The average molecular weight is 250 g/mol. The van der Waals surface area contributed by atoms with Gasteiger partial charge in [0.25, 0.3) is 0 Å². The van der Waals surface area contributed by atoms with Crippen LogP contribution in [0.2, 0.25) is 0 Å². The second kappa shape index (κ2) is 4.08. The Morgan fingerprint density at radius 2 is 2.06 bits per heavy atom. The zero-order valence-corrected chi connectivity index (χ0v) is 9.86. The van der Waals surface area contributed by atoms with E-state index in [1.54, 1.807) is 6.20 Å². The van der Waals surface area contributed by atoms with Crippen LogP contribution in [0.5, 0.6) is 5.75 Å². The largest absolute Gasteiger partial charge is 0.497 e. The first-order valence-electron chi connectivity index (χ1n) is 5.72. The lowest BCUT2D eigenvalue weighted by Crippen LogP contribution is -2.07. The SMILES string of the molecule is COc1cc(F)c(C2Cc3nccn3C2)c(F)c1. The maximum absolute atomic E-state index is 13.9. The van der Waals surface area contributed by atoms with E-state index in [9.17, 15) is 8.78 Å². The van der Waals surface area contributed by atoms with Gasteiger partial charge in [0.05, 0.1) is 7.11 Å². The van der Waals surface area contributed by atoms with E-state index in [2.05, 4.69) is 4.98 Å². The highest BCUT2D eigenvalue weighted by atomic mass is 19.1. The summed E-state index contributed by atoms with van der Waals surface area (Å²) in [6, 6.07) is 2.44. The van der Waals surface area contributed by atoms with Crippen LogP contribution in [0.1, 0.15) is 17.3 Å². The third-order valence-electron chi connectivity index (χ3n) is 3.34. The topological polar surface area (TPSA) is 27.1 Å². The molecule has 5 heteroatoms. The Hall–Kier alpha value is -1.91. The van der Waals surface area contributed by atoms with E-state index in [-0.39, 0.29) is 17.2 Å². The van der Waals surface area contributed by atoms with Crippen LogP contribution in [-0.4, -0.2) is 16.7 Å². The van der Waals surface area contributed by atoms with Crippen molar-refractivity contribution in [2.24, 2.45) is 0 Å². The highest BCUT2D eigenvalue weighted by Crippen LogP contribution is 2.33. The molecule has 0 N–H and O–H groups in total. The van der Waals surface area contributed by atoms with E-state index >= 15 is 0 Å². The molecule has 0 aliphatic carbocycles. The predicted octanol–water partition coefficient (Wildman–Crippen LogP) is 2.51. The minimum absolute atomic E-state index is 0.126. The summed E-state index contributed by atoms with van der Waals surface area (Å²) in [5.74, 6) is -0.232. The first-order valence-corrected chi connectivity index (χ1v) is 5.72. The fourth-order valence-electron chi connectivity index (χ4n) is 2.48. The van der Waals surface area contributed by atoms with Gasteiger partial charge < -0.3 is 9.30 Å². The minimum atomic E-state index is -0.553. The second-order valence-corrected chi connectivity index (χ2v) is 4.40. The molecular formula is C13H12F2N2O. The molecule has 0 saturated carbocycles. The third kappa shape index (κ3) is 1.66. The van der Waals surface area contributed by atoms with E-state index in [0.717, 1.165) is 5.82 Å². The molecule has 0 saturated heterocycles. The Labute approximate surface area is 103 Å². The standard InChI is InChI=1S/C13H12F2N2O/c1-18-9-5-10(14)13(11(15)6-9)8-4-12-16-2-3-17(12)7-8/h2-3,5-6,8H,4,7H2,1H3. The fourth-order valence-corrected chi connectivity index (χ4v) is 2.48. The summed E-state index contributed by atoms with van der Waals surface area (Å²) in [6.07, 6.45) is 4.09. The minimum Gasteiger partial charge on any atom is -0.497 e. The van der Waals surface area contributed by atoms with Gasteiger partial charge in [-0.15, -0.1) is 0 Å². The molecule has 1 atom stereocenters. The molecule has 1 aliphatic rings. The maximum atomic E-state index is 13.9. The molecular weight excluding hydrogens is 238 g/mol. The average Bonchev–Trinajstić information content (AvgIpc) is 2.88. The van der Waals surface area contributed by atoms with Crippen molar-refractivity contribution in [3.63, 3.8) is 0 Å². The van der Waals surface area contributed by atoms with Crippen molar-refractivity contribution < 1.29 is 13.5 Å². The van der Waals surface area contributed by atoms with Gasteiger partial charge in [0.2, 0.25) is 0 Å². The number of nitrogens with zero attached hydrogens (tertiary/aromatic N) is 2. The molecule has 2 aromatic rings. The number of methoxy groups -OCH3 is 1. The van der Waals surface area contributed by atoms with Gasteiger partial charge in [-0.05, 0) is 0 Å². The first kappa shape index (κ1) is 11.2. The lowest BCUT2D eigenvalue weighted by atomic mass is 9.96. The quantitative estimate of drug-likeness (QED) is 0.818. The van der Waals surface area contributed by atoms with Gasteiger partial charge in [-0.1, -0.05) is 0 Å². The molecule has 1 aliphatic heterocycles. The number of aromatic nitrogens is 2. The van der Waals surface area contributed by atoms with E-state index < -0.39 is 11.6 Å². The molecule has 0 bridgehead atoms. The predicted molar refractivity (Wildman–Crippen MR) is 61.6 cm³/mol. The van der Waals surface area contributed by atoms with E-state index in [1.807, 2.05) is 10.8 Å². The van der Waals surface area contributed by atoms with Crippen LogP contribution >= 0.6 is 0 Å². The molecule has 0 amide bonds. The van der Waals surface area contributed by atoms with Crippen molar-refractivity contribution in [1.82, 2.24) is 9.55 Å². The van der Waals surface area contributed by atoms with Gasteiger partial charge in [-0.25, -0.2) is 13.8 Å². The van der Waals surface area contributed by atoms with Crippen molar-refractivity contribution in [2.45, 2.75) is 18.9 Å². The smallest absolute Gasteiger partial charge is 0.133 e. The van der Waals surface area contributed by atoms with Gasteiger partial charge >= 0.3 is 0 Å². The molecule has 1 aromatic heterocycles. The summed E-state index contributed by atoms with van der Waals surface area (Å²) in [7, 11) is 1.39. The Bertz CT molecular complexity index is 551. The zero-order valence-electron chi connectivity index (χ0n) is 9.86. The summed E-state index contributed by atoms with van der Waals surface area (Å²) in [5.41, 5.74) is 0.126. The molecule has 3 rings (SSSR count). The number of ether oxygens (including phenoxy) is 1. The summed E-state index contributed by atoms with van der Waals surface area (Å²) in [6.45, 7) is 0.565. The van der Waals surface area contributed by atoms with E-state index in [4.69, 9.17) is 4.74 Å². The highest BCUT2D eigenvalue weighted by molar-refractivity contribution is 5.34. The molecule has 18 heavy (non-hydrogen) atoms. The van der Waals surface area contributed by atoms with Crippen molar-refractivity contribution in [3.05, 3.63) is 47.5 Å². The molecule has 2 heterocycles. The number of benzene rings is 1. The van der Waals surface area contributed by atoms with Crippen LogP contribution in [0.15, 0.2) is 24.5 Å². The first-order chi connectivity index (χ1) is 8.69. The fraction of sp³-hybridized carbons (Fsp3) is 0.308. The molecule has 0 radical (unpaired) electrons. The Morgan fingerprint density at radius 1 is 1.33 bits per heavy atom. The Kier molecular flexibility index (Phi) is 2.54. The molecule has 94 valence electrons. The van der Waals surface area contributed by atoms with Crippen LogP contribution in [0.3, 0.4) is 0 Å². The highest BCUT2D eigenvalue weighted by Gasteiger charge is 2.28. The van der Waals surface area contributed by atoms with E-state index in [0.29, 0.717) is 13.0 Å². The summed E-state index contributed by atoms with van der Waals surface area (Å²) in [4.78, 5) is 4.16. The van der Waals surface area contributed by atoms with Gasteiger partial charge in [-0.3, -0.25) is 0 Å². The summed E-state index contributed by atoms with van der Waals surface area (Å²) < 4.78 is 34.6. The molecule has 3 nitrogen and oxygen atoms in total. The van der Waals surface area contributed by atoms with Crippen LogP contribution in [-0.2, 0) is 13.0 Å². The van der Waals surface area contributed by atoms with Crippen LogP contribution in [0.4, 0.5) is 8.78 Å². The van der Waals surface area contributed by atoms with Gasteiger partial charge in [-0.2, -0.15) is 0 Å². The Balaban J connectivity index is 1.97. The maximum Gasteiger partial charge on any atom is 0.133 e. The summed E-state index contributed by atoms with van der Waals surface area (Å²) >= 11 is 0. The van der Waals surface area contributed by atoms with Crippen molar-refractivity contribution in [1.29, 1.82) is 0 Å². The van der Waals surface area contributed by atoms with E-state index in [1.165, 1.54) is 19.2 Å². The van der Waals surface area contributed by atoms with Gasteiger partial charge in [0, 0.05) is 49.0 Å². The molecule has 0 fully saturated rings. The van der Waals surface area contributed by atoms with Crippen LogP contribution in [0, 0.1) is 11.6 Å². The number of rotatable bonds is 2. The van der Waals surface area contributed by atoms with Crippen LogP contribution in [0.25, 0.3) is 0 Å².